The van der Waals surface area contributed by atoms with E-state index in [1.807, 2.05) is 0 Å². The third-order valence-electron chi connectivity index (χ3n) is 3.22. The summed E-state index contributed by atoms with van der Waals surface area (Å²) in [7, 11) is 2.31. The molecule has 0 bridgehead atoms. The van der Waals surface area contributed by atoms with Crippen LogP contribution < -0.4 is 0 Å². The lowest BCUT2D eigenvalue weighted by molar-refractivity contribution is -0.156. The molecule has 1 rings (SSSR count). The summed E-state index contributed by atoms with van der Waals surface area (Å²) < 4.78 is 14.1. The fourth-order valence-electron chi connectivity index (χ4n) is 2.29. The number of rotatable bonds is 4. The third kappa shape index (κ3) is 3.31. The molecule has 0 aromatic rings. The molecule has 0 N–H and O–H groups in total. The third-order valence-corrected chi connectivity index (χ3v) is 3.22. The Bertz CT molecular complexity index is 599. The standard InChI is InChI=1S/C14H16N2O6/c1-7-9(12(17)20-3)11(14(19)22-6-5-15)10(8(2)16-7)13(18)21-4/h9,11H,6H2,1-4H3/t9?,11-/m0/s1. The normalized spacial score (nSPS) is 20.6. The molecule has 0 spiro atoms. The Morgan fingerprint density at radius 1 is 1.14 bits per heavy atom. The fraction of sp³-hybridized carbons (Fsp3) is 0.500. The van der Waals surface area contributed by atoms with Gasteiger partial charge in [-0.05, 0) is 13.8 Å². The fourth-order valence-corrected chi connectivity index (χ4v) is 2.29. The predicted molar refractivity (Wildman–Crippen MR) is 73.4 cm³/mol. The minimum Gasteiger partial charge on any atom is -0.468 e. The summed E-state index contributed by atoms with van der Waals surface area (Å²) in [5.41, 5.74) is 0.491. The molecule has 22 heavy (non-hydrogen) atoms. The van der Waals surface area contributed by atoms with E-state index >= 15 is 0 Å². The van der Waals surface area contributed by atoms with E-state index in [4.69, 9.17) is 10.00 Å². The molecule has 0 fully saturated rings. The zero-order chi connectivity index (χ0) is 16.9. The van der Waals surface area contributed by atoms with Crippen LogP contribution in [-0.2, 0) is 28.6 Å². The first kappa shape index (κ1) is 17.4. The summed E-state index contributed by atoms with van der Waals surface area (Å²) in [6, 6.07) is 1.65. The second-order valence-electron chi connectivity index (χ2n) is 4.49. The molecule has 2 atom stereocenters. The van der Waals surface area contributed by atoms with Crippen molar-refractivity contribution in [3.05, 3.63) is 11.3 Å². The molecular weight excluding hydrogens is 292 g/mol. The second kappa shape index (κ2) is 7.36. The van der Waals surface area contributed by atoms with Gasteiger partial charge in [0.1, 0.15) is 17.9 Å². The molecule has 1 aliphatic rings. The van der Waals surface area contributed by atoms with E-state index in [0.717, 1.165) is 14.2 Å². The van der Waals surface area contributed by atoms with Crippen LogP contribution in [0.5, 0.6) is 0 Å². The second-order valence-corrected chi connectivity index (χ2v) is 4.49. The van der Waals surface area contributed by atoms with Gasteiger partial charge in [0.15, 0.2) is 6.61 Å². The summed E-state index contributed by atoms with van der Waals surface area (Å²) in [5, 5.41) is 8.51. The minimum absolute atomic E-state index is 0.0774. The quantitative estimate of drug-likeness (QED) is 0.544. The number of methoxy groups -OCH3 is 2. The molecule has 1 aliphatic heterocycles. The van der Waals surface area contributed by atoms with Gasteiger partial charge in [0.05, 0.1) is 19.8 Å². The zero-order valence-corrected chi connectivity index (χ0v) is 12.7. The highest BCUT2D eigenvalue weighted by molar-refractivity contribution is 6.10. The highest BCUT2D eigenvalue weighted by Crippen LogP contribution is 2.33. The Morgan fingerprint density at radius 3 is 2.27 bits per heavy atom. The van der Waals surface area contributed by atoms with E-state index in [-0.39, 0.29) is 11.3 Å². The largest absolute Gasteiger partial charge is 0.468 e. The number of hydrogen-bond donors (Lipinski definition) is 0. The number of carbonyl (C=O) groups excluding carboxylic acids is 3. The number of hydrogen-bond acceptors (Lipinski definition) is 8. The molecule has 1 heterocycles. The molecule has 0 aromatic heterocycles. The molecule has 8 nitrogen and oxygen atoms in total. The van der Waals surface area contributed by atoms with Crippen LogP contribution in [0.4, 0.5) is 0 Å². The highest BCUT2D eigenvalue weighted by atomic mass is 16.5. The van der Waals surface area contributed by atoms with Gasteiger partial charge in [0.2, 0.25) is 0 Å². The van der Waals surface area contributed by atoms with Crippen LogP contribution >= 0.6 is 0 Å². The number of carbonyl (C=O) groups is 3. The zero-order valence-electron chi connectivity index (χ0n) is 12.7. The van der Waals surface area contributed by atoms with E-state index in [0.29, 0.717) is 5.71 Å². The van der Waals surface area contributed by atoms with E-state index in [1.165, 1.54) is 6.92 Å². The molecule has 8 heteroatoms. The van der Waals surface area contributed by atoms with Crippen molar-refractivity contribution < 1.29 is 28.6 Å². The Morgan fingerprint density at radius 2 is 1.77 bits per heavy atom. The first-order chi connectivity index (χ1) is 10.4. The molecule has 0 radical (unpaired) electrons. The SMILES string of the molecule is COC(=O)C1=C(C)N=C(C)C(C(=O)OC)[C@@H]1C(=O)OCC#N. The van der Waals surface area contributed by atoms with Crippen molar-refractivity contribution in [3.63, 3.8) is 0 Å². The van der Waals surface area contributed by atoms with Crippen LogP contribution in [0.1, 0.15) is 13.8 Å². The average Bonchev–Trinajstić information content (AvgIpc) is 2.50. The van der Waals surface area contributed by atoms with Crippen molar-refractivity contribution in [3.8, 4) is 6.07 Å². The monoisotopic (exact) mass is 308 g/mol. The van der Waals surface area contributed by atoms with Crippen LogP contribution in [0.3, 0.4) is 0 Å². The summed E-state index contributed by atoms with van der Waals surface area (Å²) in [6.07, 6.45) is 0. The Balaban J connectivity index is 3.38. The van der Waals surface area contributed by atoms with Gasteiger partial charge in [-0.25, -0.2) is 4.79 Å². The Kier molecular flexibility index (Phi) is 5.81. The van der Waals surface area contributed by atoms with Crippen LogP contribution in [0, 0.1) is 23.2 Å². The highest BCUT2D eigenvalue weighted by Gasteiger charge is 2.46. The molecule has 0 saturated heterocycles. The summed E-state index contributed by atoms with van der Waals surface area (Å²) in [4.78, 5) is 40.3. The van der Waals surface area contributed by atoms with E-state index in [1.54, 1.807) is 13.0 Å². The number of aliphatic imine (C=N–C) groups is 1. The average molecular weight is 308 g/mol. The number of nitrogens with zero attached hydrogens (tertiary/aromatic N) is 2. The van der Waals surface area contributed by atoms with Gasteiger partial charge in [-0.3, -0.25) is 14.6 Å². The van der Waals surface area contributed by atoms with Crippen molar-refractivity contribution in [1.82, 2.24) is 0 Å². The van der Waals surface area contributed by atoms with Gasteiger partial charge < -0.3 is 14.2 Å². The molecule has 0 saturated carbocycles. The molecule has 0 amide bonds. The first-order valence-corrected chi connectivity index (χ1v) is 6.34. The van der Waals surface area contributed by atoms with Crippen molar-refractivity contribution in [2.75, 3.05) is 20.8 Å². The molecular formula is C14H16N2O6. The number of ether oxygens (including phenoxy) is 3. The lowest BCUT2D eigenvalue weighted by Crippen LogP contribution is -2.42. The van der Waals surface area contributed by atoms with E-state index < -0.39 is 36.4 Å². The lowest BCUT2D eigenvalue weighted by atomic mass is 9.80. The van der Waals surface area contributed by atoms with Crippen LogP contribution in [0.2, 0.25) is 0 Å². The van der Waals surface area contributed by atoms with Gasteiger partial charge >= 0.3 is 17.9 Å². The maximum Gasteiger partial charge on any atom is 0.336 e. The van der Waals surface area contributed by atoms with Gasteiger partial charge in [-0.15, -0.1) is 0 Å². The number of esters is 3. The van der Waals surface area contributed by atoms with Crippen molar-refractivity contribution in [1.29, 1.82) is 5.26 Å². The van der Waals surface area contributed by atoms with Crippen LogP contribution in [0.25, 0.3) is 0 Å². The molecule has 118 valence electrons. The summed E-state index contributed by atoms with van der Waals surface area (Å²) in [6.45, 7) is 2.57. The summed E-state index contributed by atoms with van der Waals surface area (Å²) in [5.74, 6) is -4.76. The lowest BCUT2D eigenvalue weighted by Gasteiger charge is -2.28. The molecule has 0 aromatic carbocycles. The Hall–Kier alpha value is -2.69. The minimum atomic E-state index is -1.26. The number of allylic oxidation sites excluding steroid dienone is 1. The smallest absolute Gasteiger partial charge is 0.336 e. The van der Waals surface area contributed by atoms with Crippen molar-refractivity contribution in [2.45, 2.75) is 13.8 Å². The van der Waals surface area contributed by atoms with Crippen molar-refractivity contribution >= 4 is 23.6 Å². The van der Waals surface area contributed by atoms with Crippen LogP contribution in [0.15, 0.2) is 16.3 Å². The van der Waals surface area contributed by atoms with Crippen molar-refractivity contribution in [2.24, 2.45) is 16.8 Å². The summed E-state index contributed by atoms with van der Waals surface area (Å²) >= 11 is 0. The predicted octanol–water partition coefficient (Wildman–Crippen LogP) is 0.380. The van der Waals surface area contributed by atoms with Gasteiger partial charge in [-0.2, -0.15) is 5.26 Å². The van der Waals surface area contributed by atoms with Gasteiger partial charge in [-0.1, -0.05) is 0 Å². The van der Waals surface area contributed by atoms with Gasteiger partial charge in [0, 0.05) is 11.4 Å². The Labute approximate surface area is 127 Å². The number of nitriles is 1. The van der Waals surface area contributed by atoms with Gasteiger partial charge in [0.25, 0.3) is 0 Å². The topological polar surface area (TPSA) is 115 Å². The van der Waals surface area contributed by atoms with Crippen LogP contribution in [-0.4, -0.2) is 44.4 Å². The maximum absolute atomic E-state index is 12.2. The first-order valence-electron chi connectivity index (χ1n) is 6.34. The molecule has 0 aliphatic carbocycles. The maximum atomic E-state index is 12.2. The molecule has 1 unspecified atom stereocenters. The van der Waals surface area contributed by atoms with E-state index in [2.05, 4.69) is 14.5 Å². The van der Waals surface area contributed by atoms with E-state index in [9.17, 15) is 14.4 Å².